The molecule has 26 heavy (non-hydrogen) atoms. The van der Waals surface area contributed by atoms with Crippen LogP contribution in [0, 0.1) is 0 Å². The summed E-state index contributed by atoms with van der Waals surface area (Å²) in [5, 5.41) is 17.2. The van der Waals surface area contributed by atoms with E-state index in [-0.39, 0.29) is 0 Å². The van der Waals surface area contributed by atoms with Gasteiger partial charge < -0.3 is 20.6 Å². The first kappa shape index (κ1) is 19.7. The van der Waals surface area contributed by atoms with Crippen molar-refractivity contribution >= 4 is 11.8 Å². The summed E-state index contributed by atoms with van der Waals surface area (Å²) in [4.78, 5) is 10.9. The third-order valence-corrected chi connectivity index (χ3v) is 4.03. The Morgan fingerprint density at radius 3 is 2.58 bits per heavy atom. The number of nitrogens with zero attached hydrogens (tertiary/aromatic N) is 3. The molecule has 2 aromatic rings. The van der Waals surface area contributed by atoms with E-state index in [1.165, 1.54) is 0 Å². The van der Waals surface area contributed by atoms with Crippen LogP contribution in [0.25, 0.3) is 0 Å². The van der Waals surface area contributed by atoms with Crippen LogP contribution in [-0.2, 0) is 12.1 Å². The average molecular weight is 355 g/mol. The average Bonchev–Trinajstić information content (AvgIpc) is 2.65. The van der Waals surface area contributed by atoms with Crippen LogP contribution in [-0.4, -0.2) is 43.2 Å². The van der Waals surface area contributed by atoms with Crippen molar-refractivity contribution in [3.63, 3.8) is 0 Å². The van der Waals surface area contributed by atoms with Crippen LogP contribution in [0.3, 0.4) is 0 Å². The van der Waals surface area contributed by atoms with Crippen LogP contribution in [0.4, 0.5) is 5.82 Å². The number of nitrogens with one attached hydrogen (secondary N) is 2. The van der Waals surface area contributed by atoms with Crippen LogP contribution >= 0.6 is 0 Å². The molecule has 1 heterocycles. The molecule has 0 aliphatic carbocycles. The molecule has 0 bridgehead atoms. The Labute approximate surface area is 156 Å². The molecule has 0 saturated carbocycles. The molecule has 1 aromatic carbocycles. The zero-order valence-corrected chi connectivity index (χ0v) is 16.0. The quantitative estimate of drug-likeness (QED) is 0.524. The second kappa shape index (κ2) is 9.20. The molecule has 1 unspecified atom stereocenters. The predicted octanol–water partition coefficient (Wildman–Crippen LogP) is 2.11. The standard InChI is InChI=1S/C20H29N5O/c1-5-21-19(23-14-16-11-12-22-18(13-16)25(3)4)24-15-20(2,26)17-9-7-6-8-10-17/h6-13,26H,5,14-15H2,1-4H3,(H2,21,23,24). The molecule has 1 aromatic heterocycles. The Bertz CT molecular complexity index is 713. The lowest BCUT2D eigenvalue weighted by atomic mass is 9.96. The van der Waals surface area contributed by atoms with Gasteiger partial charge in [0.2, 0.25) is 0 Å². The number of aliphatic hydroxyl groups is 1. The van der Waals surface area contributed by atoms with Gasteiger partial charge in [-0.2, -0.15) is 0 Å². The minimum Gasteiger partial charge on any atom is -0.384 e. The summed E-state index contributed by atoms with van der Waals surface area (Å²) in [7, 11) is 3.93. The highest BCUT2D eigenvalue weighted by Gasteiger charge is 2.22. The first-order chi connectivity index (χ1) is 12.4. The highest BCUT2D eigenvalue weighted by Crippen LogP contribution is 2.18. The lowest BCUT2D eigenvalue weighted by Crippen LogP contribution is -2.44. The molecule has 0 aliphatic rings. The first-order valence-corrected chi connectivity index (χ1v) is 8.84. The molecule has 6 nitrogen and oxygen atoms in total. The number of hydrogen-bond acceptors (Lipinski definition) is 4. The van der Waals surface area contributed by atoms with E-state index in [0.717, 1.165) is 23.5 Å². The van der Waals surface area contributed by atoms with Crippen LogP contribution in [0.2, 0.25) is 0 Å². The maximum atomic E-state index is 10.7. The van der Waals surface area contributed by atoms with Crippen molar-refractivity contribution in [2.24, 2.45) is 4.99 Å². The highest BCUT2D eigenvalue weighted by atomic mass is 16.3. The minimum atomic E-state index is -0.980. The van der Waals surface area contributed by atoms with Gasteiger partial charge in [-0.25, -0.2) is 9.98 Å². The van der Waals surface area contributed by atoms with Gasteiger partial charge in [0, 0.05) is 26.8 Å². The van der Waals surface area contributed by atoms with Crippen molar-refractivity contribution in [2.45, 2.75) is 26.0 Å². The number of rotatable bonds is 7. The van der Waals surface area contributed by atoms with Crippen molar-refractivity contribution in [3.8, 4) is 0 Å². The van der Waals surface area contributed by atoms with Gasteiger partial charge in [0.05, 0.1) is 13.1 Å². The smallest absolute Gasteiger partial charge is 0.191 e. The number of aliphatic imine (C=N–C) groups is 1. The van der Waals surface area contributed by atoms with E-state index in [4.69, 9.17) is 0 Å². The van der Waals surface area contributed by atoms with Crippen molar-refractivity contribution in [2.75, 3.05) is 32.1 Å². The Morgan fingerprint density at radius 2 is 1.92 bits per heavy atom. The molecule has 1 atom stereocenters. The number of anilines is 1. The molecule has 0 aliphatic heterocycles. The molecule has 0 radical (unpaired) electrons. The van der Waals surface area contributed by atoms with Crippen molar-refractivity contribution in [3.05, 3.63) is 59.8 Å². The van der Waals surface area contributed by atoms with Crippen molar-refractivity contribution < 1.29 is 5.11 Å². The molecular formula is C20H29N5O. The maximum absolute atomic E-state index is 10.7. The molecular weight excluding hydrogens is 326 g/mol. The molecule has 2 rings (SSSR count). The largest absolute Gasteiger partial charge is 0.384 e. The second-order valence-electron chi connectivity index (χ2n) is 6.61. The molecule has 0 spiro atoms. The van der Waals surface area contributed by atoms with Crippen LogP contribution in [0.15, 0.2) is 53.7 Å². The van der Waals surface area contributed by atoms with Gasteiger partial charge in [-0.15, -0.1) is 0 Å². The molecule has 140 valence electrons. The molecule has 0 amide bonds. The van der Waals surface area contributed by atoms with E-state index in [1.54, 1.807) is 13.1 Å². The van der Waals surface area contributed by atoms with Crippen LogP contribution < -0.4 is 15.5 Å². The monoisotopic (exact) mass is 355 g/mol. The third-order valence-electron chi connectivity index (χ3n) is 4.03. The summed E-state index contributed by atoms with van der Waals surface area (Å²) < 4.78 is 0. The normalized spacial score (nSPS) is 13.8. The Hall–Kier alpha value is -2.60. The Morgan fingerprint density at radius 1 is 1.19 bits per heavy atom. The highest BCUT2D eigenvalue weighted by molar-refractivity contribution is 5.79. The lowest BCUT2D eigenvalue weighted by Gasteiger charge is -2.25. The predicted molar refractivity (Wildman–Crippen MR) is 107 cm³/mol. The van der Waals surface area contributed by atoms with E-state index in [9.17, 15) is 5.11 Å². The zero-order valence-electron chi connectivity index (χ0n) is 16.0. The number of guanidine groups is 1. The van der Waals surface area contributed by atoms with E-state index < -0.39 is 5.60 Å². The fourth-order valence-electron chi connectivity index (χ4n) is 2.47. The molecule has 3 N–H and O–H groups in total. The van der Waals surface area contributed by atoms with E-state index >= 15 is 0 Å². The second-order valence-corrected chi connectivity index (χ2v) is 6.61. The van der Waals surface area contributed by atoms with E-state index in [1.807, 2.05) is 68.4 Å². The van der Waals surface area contributed by atoms with Crippen molar-refractivity contribution in [1.29, 1.82) is 0 Å². The molecule has 6 heteroatoms. The van der Waals surface area contributed by atoms with Gasteiger partial charge in [0.1, 0.15) is 11.4 Å². The fraction of sp³-hybridized carbons (Fsp3) is 0.400. The molecule has 0 fully saturated rings. The number of aromatic nitrogens is 1. The van der Waals surface area contributed by atoms with Crippen LogP contribution in [0.5, 0.6) is 0 Å². The summed E-state index contributed by atoms with van der Waals surface area (Å²) in [6.07, 6.45) is 1.79. The van der Waals surface area contributed by atoms with E-state index in [2.05, 4.69) is 20.6 Å². The topological polar surface area (TPSA) is 72.8 Å². The minimum absolute atomic E-state index is 0.363. The molecule has 0 saturated heterocycles. The van der Waals surface area contributed by atoms with Gasteiger partial charge in [0.25, 0.3) is 0 Å². The summed E-state index contributed by atoms with van der Waals surface area (Å²) in [5.74, 6) is 1.58. The van der Waals surface area contributed by atoms with Gasteiger partial charge in [-0.1, -0.05) is 30.3 Å². The number of benzene rings is 1. The van der Waals surface area contributed by atoms with Gasteiger partial charge in [-0.05, 0) is 37.1 Å². The van der Waals surface area contributed by atoms with Gasteiger partial charge in [0.15, 0.2) is 5.96 Å². The Balaban J connectivity index is 2.04. The number of hydrogen-bond donors (Lipinski definition) is 3. The summed E-state index contributed by atoms with van der Waals surface area (Å²) >= 11 is 0. The maximum Gasteiger partial charge on any atom is 0.191 e. The lowest BCUT2D eigenvalue weighted by molar-refractivity contribution is 0.0617. The van der Waals surface area contributed by atoms with Crippen molar-refractivity contribution in [1.82, 2.24) is 15.6 Å². The van der Waals surface area contributed by atoms with Gasteiger partial charge >= 0.3 is 0 Å². The van der Waals surface area contributed by atoms with E-state index in [0.29, 0.717) is 19.0 Å². The van der Waals surface area contributed by atoms with Gasteiger partial charge in [-0.3, -0.25) is 0 Å². The summed E-state index contributed by atoms with van der Waals surface area (Å²) in [5.41, 5.74) is 0.968. The Kier molecular flexibility index (Phi) is 6.97. The SMILES string of the molecule is CCNC(=NCc1ccnc(N(C)C)c1)NCC(C)(O)c1ccccc1. The third kappa shape index (κ3) is 5.74. The zero-order chi connectivity index (χ0) is 19.0. The summed E-state index contributed by atoms with van der Waals surface area (Å²) in [6.45, 7) is 5.46. The van der Waals surface area contributed by atoms with Crippen LogP contribution in [0.1, 0.15) is 25.0 Å². The first-order valence-electron chi connectivity index (χ1n) is 8.84. The fourth-order valence-corrected chi connectivity index (χ4v) is 2.47. The number of pyridine rings is 1. The summed E-state index contributed by atoms with van der Waals surface area (Å²) in [6, 6.07) is 13.6.